The molecule has 2 unspecified atom stereocenters. The number of aliphatic hydroxyl groups excluding tert-OH is 2. The Hall–Kier alpha value is -3.68. The van der Waals surface area contributed by atoms with E-state index in [0.717, 1.165) is 36.2 Å². The zero-order valence-electron chi connectivity index (χ0n) is 35.0. The summed E-state index contributed by atoms with van der Waals surface area (Å²) in [7, 11) is -2.33. The Balaban J connectivity index is 1.41. The minimum absolute atomic E-state index is 0.0483. The van der Waals surface area contributed by atoms with Gasteiger partial charge in [-0.2, -0.15) is 0 Å². The van der Waals surface area contributed by atoms with Crippen LogP contribution >= 0.6 is 0 Å². The van der Waals surface area contributed by atoms with Gasteiger partial charge < -0.3 is 20.4 Å². The molecular weight excluding hydrogens is 746 g/mol. The van der Waals surface area contributed by atoms with E-state index in [1.807, 2.05) is 18.7 Å². The van der Waals surface area contributed by atoms with Crippen LogP contribution in [-0.4, -0.2) is 90.0 Å². The van der Waals surface area contributed by atoms with Gasteiger partial charge >= 0.3 is 0 Å². The predicted octanol–water partition coefficient (Wildman–Crippen LogP) is 8.07. The molecule has 1 aromatic heterocycles. The van der Waals surface area contributed by atoms with Gasteiger partial charge in [-0.05, 0) is 68.7 Å². The van der Waals surface area contributed by atoms with Crippen molar-refractivity contribution >= 4 is 33.9 Å². The topological polar surface area (TPSA) is 153 Å². The first-order chi connectivity index (χ1) is 27.2. The Labute approximate surface area is 341 Å². The molecule has 1 aromatic carbocycles. The molecule has 11 nitrogen and oxygen atoms in total. The highest BCUT2D eigenvalue weighted by atomic mass is 32.2. The zero-order chi connectivity index (χ0) is 41.8. The van der Waals surface area contributed by atoms with Gasteiger partial charge in [0.2, 0.25) is 27.8 Å². The van der Waals surface area contributed by atoms with Crippen LogP contribution in [0.15, 0.2) is 42.5 Å². The lowest BCUT2D eigenvalue weighted by molar-refractivity contribution is -0.131. The average Bonchev–Trinajstić information content (AvgIpc) is 3.63. The number of carbonyl (C=O) groups is 2. The standard InChI is InChI=1S/C44H68FN5O6S/c1-6-7-8-9-10-11-12-13-14-15-16-17-18-19-20-21-41(54)50-29-28-36(32-50)46-40(53)31-38(52)30-37(51)26-27-39-42(33(2)3)47-44(49(4)57(5,55)56)48-43(39)34-22-24-35(45)25-23-34/h13-14,22-27,33,36-38,51-52H,6-12,15-21,28-32H2,1-5H3,(H,46,53)/b14-13-,27-26?/t36-,37?,38?/m1/s1. The van der Waals surface area contributed by atoms with Crippen molar-refractivity contribution in [1.29, 1.82) is 0 Å². The number of aromatic nitrogens is 2. The first kappa shape index (κ1) is 47.7. The highest BCUT2D eigenvalue weighted by Crippen LogP contribution is 2.32. The number of rotatable bonds is 26. The molecule has 2 amide bonds. The number of nitrogens with one attached hydrogen (secondary N) is 1. The SMILES string of the molecule is CCCCCCCC/C=C\CCCCCCCC(=O)N1CC[C@@H](NC(=O)CC(O)CC(O)C=Cc2c(-c3ccc(F)cc3)nc(N(C)S(C)(=O)=O)nc2C(C)C)C1. The third kappa shape index (κ3) is 17.4. The molecule has 13 heteroatoms. The molecule has 2 aromatic rings. The van der Waals surface area contributed by atoms with Crippen LogP contribution < -0.4 is 9.62 Å². The lowest BCUT2D eigenvalue weighted by Gasteiger charge is -2.20. The molecule has 1 aliphatic rings. The first-order valence-corrected chi connectivity index (χ1v) is 22.9. The summed E-state index contributed by atoms with van der Waals surface area (Å²) < 4.78 is 39.4. The van der Waals surface area contributed by atoms with Gasteiger partial charge in [0.05, 0.1) is 36.3 Å². The number of likely N-dealkylation sites (tertiary alicyclic amines) is 1. The van der Waals surface area contributed by atoms with Crippen LogP contribution in [0.4, 0.5) is 10.3 Å². The van der Waals surface area contributed by atoms with Gasteiger partial charge in [-0.25, -0.2) is 27.1 Å². The average molecular weight is 814 g/mol. The fourth-order valence-corrected chi connectivity index (χ4v) is 7.33. The summed E-state index contributed by atoms with van der Waals surface area (Å²) in [5.41, 5.74) is 1.88. The first-order valence-electron chi connectivity index (χ1n) is 21.1. The van der Waals surface area contributed by atoms with E-state index in [0.29, 0.717) is 48.4 Å². The Morgan fingerprint density at radius 2 is 1.58 bits per heavy atom. The van der Waals surface area contributed by atoms with Crippen molar-refractivity contribution in [2.75, 3.05) is 30.7 Å². The fourth-order valence-electron chi connectivity index (χ4n) is 6.95. The molecule has 1 aliphatic heterocycles. The quantitative estimate of drug-likeness (QED) is 0.0637. The van der Waals surface area contributed by atoms with Crippen LogP contribution in [0, 0.1) is 5.82 Å². The molecule has 0 aliphatic carbocycles. The van der Waals surface area contributed by atoms with Gasteiger partial charge in [0.15, 0.2) is 0 Å². The monoisotopic (exact) mass is 813 g/mol. The van der Waals surface area contributed by atoms with Gasteiger partial charge in [0.25, 0.3) is 0 Å². The maximum absolute atomic E-state index is 13.8. The van der Waals surface area contributed by atoms with Crippen molar-refractivity contribution in [1.82, 2.24) is 20.2 Å². The number of anilines is 1. The van der Waals surface area contributed by atoms with E-state index in [1.165, 1.54) is 95.2 Å². The number of carbonyl (C=O) groups excluding carboxylic acids is 2. The molecule has 0 spiro atoms. The van der Waals surface area contributed by atoms with Crippen LogP contribution in [0.3, 0.4) is 0 Å². The minimum Gasteiger partial charge on any atom is -0.392 e. The molecule has 1 fully saturated rings. The maximum atomic E-state index is 13.8. The largest absolute Gasteiger partial charge is 0.392 e. The summed E-state index contributed by atoms with van der Waals surface area (Å²) in [6, 6.07) is 5.43. The molecule has 0 radical (unpaired) electrons. The van der Waals surface area contributed by atoms with Crippen molar-refractivity contribution in [2.24, 2.45) is 0 Å². The molecule has 3 rings (SSSR count). The summed E-state index contributed by atoms with van der Waals surface area (Å²) in [5.74, 6) is -0.912. The summed E-state index contributed by atoms with van der Waals surface area (Å²) in [6.07, 6.45) is 23.1. The second-order valence-corrected chi connectivity index (χ2v) is 17.8. The molecule has 0 bridgehead atoms. The second-order valence-electron chi connectivity index (χ2n) is 15.8. The van der Waals surface area contributed by atoms with Crippen LogP contribution in [0.25, 0.3) is 17.3 Å². The highest BCUT2D eigenvalue weighted by molar-refractivity contribution is 7.92. The number of unbranched alkanes of at least 4 members (excludes halogenated alkanes) is 11. The van der Waals surface area contributed by atoms with E-state index < -0.39 is 28.0 Å². The molecule has 57 heavy (non-hydrogen) atoms. The number of nitrogens with zero attached hydrogens (tertiary/aromatic N) is 4. The molecular formula is C44H68FN5O6S. The van der Waals surface area contributed by atoms with E-state index in [2.05, 4.69) is 34.4 Å². The smallest absolute Gasteiger partial charge is 0.239 e. The molecule has 1 saturated heterocycles. The highest BCUT2D eigenvalue weighted by Gasteiger charge is 2.28. The van der Waals surface area contributed by atoms with Crippen molar-refractivity contribution < 1.29 is 32.6 Å². The molecule has 318 valence electrons. The molecule has 3 atom stereocenters. The zero-order valence-corrected chi connectivity index (χ0v) is 35.8. The molecule has 2 heterocycles. The van der Waals surface area contributed by atoms with E-state index >= 15 is 0 Å². The summed E-state index contributed by atoms with van der Waals surface area (Å²) >= 11 is 0. The Kier molecular flexibility index (Phi) is 20.9. The normalized spacial score (nSPS) is 15.9. The predicted molar refractivity (Wildman–Crippen MR) is 228 cm³/mol. The summed E-state index contributed by atoms with van der Waals surface area (Å²) in [4.78, 5) is 36.5. The van der Waals surface area contributed by atoms with E-state index in [4.69, 9.17) is 0 Å². The second kappa shape index (κ2) is 24.9. The van der Waals surface area contributed by atoms with Crippen molar-refractivity contribution in [2.45, 2.75) is 154 Å². The number of aliphatic hydroxyl groups is 2. The number of sulfonamides is 1. The lowest BCUT2D eigenvalue weighted by atomic mass is 9.97. The van der Waals surface area contributed by atoms with Crippen molar-refractivity contribution in [3.8, 4) is 11.3 Å². The maximum Gasteiger partial charge on any atom is 0.239 e. The molecule has 3 N–H and O–H groups in total. The van der Waals surface area contributed by atoms with Gasteiger partial charge in [0, 0.05) is 50.1 Å². The van der Waals surface area contributed by atoms with E-state index in [-0.39, 0.29) is 42.6 Å². The van der Waals surface area contributed by atoms with Crippen molar-refractivity contribution in [3.05, 3.63) is 59.6 Å². The lowest BCUT2D eigenvalue weighted by Crippen LogP contribution is -2.39. The summed E-state index contributed by atoms with van der Waals surface area (Å²) in [5, 5.41) is 24.5. The molecule has 0 saturated carbocycles. The third-order valence-electron chi connectivity index (χ3n) is 10.4. The summed E-state index contributed by atoms with van der Waals surface area (Å²) in [6.45, 7) is 7.06. The van der Waals surface area contributed by atoms with Crippen molar-refractivity contribution in [3.63, 3.8) is 0 Å². The Morgan fingerprint density at radius 3 is 2.19 bits per heavy atom. The van der Waals surface area contributed by atoms with E-state index in [9.17, 15) is 32.6 Å². The number of allylic oxidation sites excluding steroid dienone is 2. The number of hydrogen-bond acceptors (Lipinski definition) is 8. The van der Waals surface area contributed by atoms with Crippen LogP contribution in [0.2, 0.25) is 0 Å². The van der Waals surface area contributed by atoms with Gasteiger partial charge in [0.1, 0.15) is 5.82 Å². The number of hydrogen-bond donors (Lipinski definition) is 3. The van der Waals surface area contributed by atoms with Crippen LogP contribution in [0.1, 0.15) is 147 Å². The van der Waals surface area contributed by atoms with Gasteiger partial charge in [-0.1, -0.05) is 96.4 Å². The number of amides is 2. The minimum atomic E-state index is -3.68. The Morgan fingerprint density at radius 1 is 0.965 bits per heavy atom. The third-order valence-corrected chi connectivity index (χ3v) is 11.5. The van der Waals surface area contributed by atoms with Gasteiger partial charge in [-0.3, -0.25) is 9.59 Å². The van der Waals surface area contributed by atoms with Gasteiger partial charge in [-0.15, -0.1) is 0 Å². The Bertz CT molecular complexity index is 1700. The van der Waals surface area contributed by atoms with Crippen LogP contribution in [0.5, 0.6) is 0 Å². The van der Waals surface area contributed by atoms with E-state index in [1.54, 1.807) is 6.08 Å². The van der Waals surface area contributed by atoms with Crippen LogP contribution in [-0.2, 0) is 19.6 Å². The number of benzene rings is 1. The number of halogens is 1. The fraction of sp³-hybridized carbons (Fsp3) is 0.636.